The van der Waals surface area contributed by atoms with Crippen LogP contribution in [0.4, 0.5) is 10.8 Å². The van der Waals surface area contributed by atoms with Gasteiger partial charge >= 0.3 is 0 Å². The van der Waals surface area contributed by atoms with E-state index in [2.05, 4.69) is 33.0 Å². The minimum atomic E-state index is -0.0167. The number of anilines is 2. The Bertz CT molecular complexity index is 774. The highest BCUT2D eigenvalue weighted by atomic mass is 32.2. The Hall–Kier alpha value is -1.64. The van der Waals surface area contributed by atoms with Crippen LogP contribution in [0.2, 0.25) is 0 Å². The summed E-state index contributed by atoms with van der Waals surface area (Å²) in [7, 11) is 0. The van der Waals surface area contributed by atoms with Crippen molar-refractivity contribution in [3.63, 3.8) is 0 Å². The third kappa shape index (κ3) is 4.55. The molecule has 1 saturated heterocycles. The van der Waals surface area contributed by atoms with Gasteiger partial charge in [0.15, 0.2) is 4.34 Å². The highest BCUT2D eigenvalue weighted by molar-refractivity contribution is 8.01. The monoisotopic (exact) mass is 390 g/mol. The third-order valence-corrected chi connectivity index (χ3v) is 6.63. The Kier molecular flexibility index (Phi) is 5.72. The summed E-state index contributed by atoms with van der Waals surface area (Å²) in [5, 5.41) is 15.3. The molecule has 6 nitrogen and oxygen atoms in total. The zero-order valence-corrected chi connectivity index (χ0v) is 16.1. The van der Waals surface area contributed by atoms with Gasteiger partial charge < -0.3 is 15.4 Å². The smallest absolute Gasteiger partial charge is 0.234 e. The topological polar surface area (TPSA) is 76.1 Å². The first kappa shape index (κ1) is 17.8. The average Bonchev–Trinajstić information content (AvgIpc) is 3.38. The predicted octanol–water partition coefficient (Wildman–Crippen LogP) is 3.35. The van der Waals surface area contributed by atoms with Gasteiger partial charge in [-0.3, -0.25) is 4.79 Å². The number of ether oxygens (including phenoxy) is 1. The van der Waals surface area contributed by atoms with Gasteiger partial charge in [0.1, 0.15) is 0 Å². The summed E-state index contributed by atoms with van der Waals surface area (Å²) in [6.45, 7) is 1.61. The number of nitrogens with zero attached hydrogens (tertiary/aromatic N) is 2. The molecule has 1 aliphatic heterocycles. The molecular weight excluding hydrogens is 368 g/mol. The summed E-state index contributed by atoms with van der Waals surface area (Å²) < 4.78 is 6.38. The van der Waals surface area contributed by atoms with Gasteiger partial charge in [-0.05, 0) is 55.4 Å². The second-order valence-electron chi connectivity index (χ2n) is 6.56. The molecule has 4 rings (SSSR count). The summed E-state index contributed by atoms with van der Waals surface area (Å²) >= 11 is 2.89. The van der Waals surface area contributed by atoms with Crippen molar-refractivity contribution in [3.8, 4) is 0 Å². The summed E-state index contributed by atoms with van der Waals surface area (Å²) in [5.41, 5.74) is 3.66. The van der Waals surface area contributed by atoms with Crippen molar-refractivity contribution >= 4 is 39.8 Å². The number of rotatable bonds is 7. The van der Waals surface area contributed by atoms with Crippen LogP contribution in [0.25, 0.3) is 0 Å². The Morgan fingerprint density at radius 1 is 1.27 bits per heavy atom. The van der Waals surface area contributed by atoms with Gasteiger partial charge in [0, 0.05) is 18.8 Å². The van der Waals surface area contributed by atoms with Crippen LogP contribution in [0.3, 0.4) is 0 Å². The van der Waals surface area contributed by atoms with Crippen molar-refractivity contribution in [1.82, 2.24) is 10.2 Å². The second kappa shape index (κ2) is 8.37. The Morgan fingerprint density at radius 3 is 3.08 bits per heavy atom. The van der Waals surface area contributed by atoms with Crippen molar-refractivity contribution in [3.05, 3.63) is 29.3 Å². The molecule has 0 radical (unpaired) electrons. The number of hydrogen-bond acceptors (Lipinski definition) is 7. The van der Waals surface area contributed by atoms with Crippen molar-refractivity contribution in [1.29, 1.82) is 0 Å². The first-order valence-electron chi connectivity index (χ1n) is 9.00. The zero-order chi connectivity index (χ0) is 17.8. The normalized spacial score (nSPS) is 18.7. The number of carbonyl (C=O) groups is 1. The molecule has 2 heterocycles. The number of nitrogens with one attached hydrogen (secondary N) is 2. The van der Waals surface area contributed by atoms with Crippen LogP contribution >= 0.6 is 23.1 Å². The number of hydrogen-bond donors (Lipinski definition) is 2. The molecule has 1 fully saturated rings. The molecule has 0 saturated carbocycles. The molecule has 0 bridgehead atoms. The lowest BCUT2D eigenvalue weighted by molar-refractivity contribution is -0.113. The summed E-state index contributed by atoms with van der Waals surface area (Å²) in [5.74, 6) is 0.314. The third-order valence-electron chi connectivity index (χ3n) is 4.62. The SMILES string of the molecule is O=C(CSc1nnc(NC[C@H]2CCCO2)s1)Nc1ccc2c(c1)CCC2. The maximum absolute atomic E-state index is 12.2. The van der Waals surface area contributed by atoms with E-state index in [0.717, 1.165) is 54.0 Å². The van der Waals surface area contributed by atoms with Crippen LogP contribution in [0.5, 0.6) is 0 Å². The van der Waals surface area contributed by atoms with E-state index in [1.54, 1.807) is 0 Å². The van der Waals surface area contributed by atoms with Crippen LogP contribution in [0, 0.1) is 0 Å². The summed E-state index contributed by atoms with van der Waals surface area (Å²) in [6.07, 6.45) is 5.97. The van der Waals surface area contributed by atoms with E-state index >= 15 is 0 Å². The van der Waals surface area contributed by atoms with E-state index < -0.39 is 0 Å². The fourth-order valence-electron chi connectivity index (χ4n) is 3.32. The highest BCUT2D eigenvalue weighted by Crippen LogP contribution is 2.27. The predicted molar refractivity (Wildman–Crippen MR) is 105 cm³/mol. The van der Waals surface area contributed by atoms with Crippen LogP contribution in [-0.4, -0.2) is 41.1 Å². The van der Waals surface area contributed by atoms with E-state index in [-0.39, 0.29) is 12.0 Å². The maximum atomic E-state index is 12.2. The minimum absolute atomic E-state index is 0.0167. The van der Waals surface area contributed by atoms with Crippen LogP contribution in [0.15, 0.2) is 22.5 Å². The molecule has 2 N–H and O–H groups in total. The van der Waals surface area contributed by atoms with E-state index in [1.807, 2.05) is 6.07 Å². The van der Waals surface area contributed by atoms with E-state index in [9.17, 15) is 4.79 Å². The molecule has 138 valence electrons. The first-order chi connectivity index (χ1) is 12.8. The number of aryl methyl sites for hydroxylation is 2. The van der Waals surface area contributed by atoms with E-state index in [0.29, 0.717) is 5.75 Å². The molecule has 1 atom stereocenters. The lowest BCUT2D eigenvalue weighted by Crippen LogP contribution is -2.18. The Balaban J connectivity index is 1.23. The molecule has 26 heavy (non-hydrogen) atoms. The second-order valence-corrected chi connectivity index (χ2v) is 8.76. The van der Waals surface area contributed by atoms with Crippen molar-refractivity contribution in [2.75, 3.05) is 29.5 Å². The average molecular weight is 391 g/mol. The van der Waals surface area contributed by atoms with Crippen molar-refractivity contribution < 1.29 is 9.53 Å². The van der Waals surface area contributed by atoms with E-state index in [1.165, 1.54) is 40.6 Å². The lowest BCUT2D eigenvalue weighted by Gasteiger charge is -2.08. The fraction of sp³-hybridized carbons (Fsp3) is 0.500. The standard InChI is InChI=1S/C18H22N4O2S2/c23-16(20-14-7-6-12-3-1-4-13(12)9-14)11-25-18-22-21-17(26-18)19-10-15-5-2-8-24-15/h6-7,9,15H,1-5,8,10-11H2,(H,19,21)(H,20,23)/t15-/m1/s1. The van der Waals surface area contributed by atoms with Gasteiger partial charge in [-0.15, -0.1) is 10.2 Å². The van der Waals surface area contributed by atoms with Gasteiger partial charge in [0.2, 0.25) is 11.0 Å². The maximum Gasteiger partial charge on any atom is 0.234 e. The molecule has 2 aliphatic rings. The van der Waals surface area contributed by atoms with Gasteiger partial charge in [-0.2, -0.15) is 0 Å². The Labute approximate surface area is 161 Å². The molecule has 1 aliphatic carbocycles. The fourth-order valence-corrected chi connectivity index (χ4v) is 4.88. The van der Waals surface area contributed by atoms with Gasteiger partial charge in [0.25, 0.3) is 0 Å². The van der Waals surface area contributed by atoms with Gasteiger partial charge in [0.05, 0.1) is 11.9 Å². The molecular formula is C18H22N4O2S2. The molecule has 0 unspecified atom stereocenters. The number of benzene rings is 1. The quantitative estimate of drug-likeness (QED) is 0.706. The Morgan fingerprint density at radius 2 is 2.19 bits per heavy atom. The van der Waals surface area contributed by atoms with Crippen molar-refractivity contribution in [2.45, 2.75) is 42.5 Å². The number of carbonyl (C=O) groups excluding carboxylic acids is 1. The van der Waals surface area contributed by atoms with Crippen LogP contribution < -0.4 is 10.6 Å². The molecule has 8 heteroatoms. The number of aromatic nitrogens is 2. The van der Waals surface area contributed by atoms with Gasteiger partial charge in [-0.1, -0.05) is 29.2 Å². The van der Waals surface area contributed by atoms with Crippen LogP contribution in [0.1, 0.15) is 30.4 Å². The van der Waals surface area contributed by atoms with Crippen LogP contribution in [-0.2, 0) is 22.4 Å². The molecule has 0 spiro atoms. The molecule has 1 aromatic carbocycles. The molecule has 1 aromatic heterocycles. The number of fused-ring (bicyclic) bond motifs is 1. The minimum Gasteiger partial charge on any atom is -0.376 e. The highest BCUT2D eigenvalue weighted by Gasteiger charge is 2.16. The largest absolute Gasteiger partial charge is 0.376 e. The number of amides is 1. The van der Waals surface area contributed by atoms with Gasteiger partial charge in [-0.25, -0.2) is 0 Å². The van der Waals surface area contributed by atoms with Crippen molar-refractivity contribution in [2.24, 2.45) is 0 Å². The lowest BCUT2D eigenvalue weighted by atomic mass is 10.1. The summed E-state index contributed by atoms with van der Waals surface area (Å²) in [6, 6.07) is 6.22. The zero-order valence-electron chi connectivity index (χ0n) is 14.5. The van der Waals surface area contributed by atoms with E-state index in [4.69, 9.17) is 4.74 Å². The molecule has 1 amide bonds. The summed E-state index contributed by atoms with van der Waals surface area (Å²) in [4.78, 5) is 12.2. The molecule has 2 aromatic rings. The number of thioether (sulfide) groups is 1. The first-order valence-corrected chi connectivity index (χ1v) is 10.8.